The van der Waals surface area contributed by atoms with E-state index < -0.39 is 10.0 Å². The first-order valence-electron chi connectivity index (χ1n) is 5.53. The monoisotopic (exact) mass is 272 g/mol. The molecule has 0 unspecified atom stereocenters. The van der Waals surface area contributed by atoms with E-state index in [1.807, 2.05) is 19.0 Å². The van der Waals surface area contributed by atoms with Crippen LogP contribution in [0.3, 0.4) is 0 Å². The Hall–Kier alpha value is -1.31. The second-order valence-corrected chi connectivity index (χ2v) is 6.00. The summed E-state index contributed by atoms with van der Waals surface area (Å²) >= 11 is 0. The molecule has 0 fully saturated rings. The quantitative estimate of drug-likeness (QED) is 0.665. The van der Waals surface area contributed by atoms with Crippen LogP contribution in [0.5, 0.6) is 0 Å². The molecular formula is C11H20N4O2S. The second kappa shape index (κ2) is 5.55. The molecule has 0 saturated carbocycles. The normalized spacial score (nSPS) is 11.8. The van der Waals surface area contributed by atoms with Gasteiger partial charge in [-0.2, -0.15) is 0 Å². The summed E-state index contributed by atoms with van der Waals surface area (Å²) in [7, 11) is 0.174. The van der Waals surface area contributed by atoms with E-state index in [4.69, 9.17) is 10.9 Å². The van der Waals surface area contributed by atoms with E-state index in [1.165, 1.54) is 6.07 Å². The summed E-state index contributed by atoms with van der Waals surface area (Å²) in [6.07, 6.45) is 0. The van der Waals surface area contributed by atoms with Crippen LogP contribution in [0.4, 0.5) is 11.4 Å². The van der Waals surface area contributed by atoms with E-state index >= 15 is 0 Å². The number of hydrogen-bond acceptors (Lipinski definition) is 5. The molecule has 0 amide bonds. The predicted molar refractivity (Wildman–Crippen MR) is 74.0 cm³/mol. The summed E-state index contributed by atoms with van der Waals surface area (Å²) in [6.45, 7) is 3.23. The van der Waals surface area contributed by atoms with E-state index in [0.29, 0.717) is 23.5 Å². The van der Waals surface area contributed by atoms with Crippen LogP contribution >= 0.6 is 0 Å². The van der Waals surface area contributed by atoms with Gasteiger partial charge in [-0.3, -0.25) is 0 Å². The van der Waals surface area contributed by atoms with Crippen molar-refractivity contribution in [1.29, 1.82) is 0 Å². The summed E-state index contributed by atoms with van der Waals surface area (Å²) in [5.41, 5.74) is 7.34. The maximum atomic E-state index is 11.4. The van der Waals surface area contributed by atoms with Gasteiger partial charge < -0.3 is 16.0 Å². The fraction of sp³-hybridized carbons (Fsp3) is 0.455. The zero-order valence-electron chi connectivity index (χ0n) is 10.9. The Morgan fingerprint density at radius 3 is 2.44 bits per heavy atom. The molecule has 1 aromatic rings. The third-order valence-electron chi connectivity index (χ3n) is 2.56. The third kappa shape index (κ3) is 3.86. The Balaban J connectivity index is 3.03. The topological polar surface area (TPSA) is 101 Å². The lowest BCUT2D eigenvalue weighted by Crippen LogP contribution is -2.22. The molecule has 0 bridgehead atoms. The fourth-order valence-electron chi connectivity index (χ4n) is 1.60. The van der Waals surface area contributed by atoms with Crippen molar-refractivity contribution in [3.05, 3.63) is 17.7 Å². The highest BCUT2D eigenvalue weighted by Gasteiger charge is 2.15. The van der Waals surface area contributed by atoms with Crippen molar-refractivity contribution < 1.29 is 8.42 Å². The molecule has 0 saturated heterocycles. The molecule has 102 valence electrons. The SMILES string of the molecule is Cc1c(NCCN(C)C)cc(N)cc1S(N)(=O)=O. The molecule has 0 heterocycles. The molecule has 0 aromatic heterocycles. The first-order chi connectivity index (χ1) is 8.21. The van der Waals surface area contributed by atoms with Gasteiger partial charge in [0.15, 0.2) is 0 Å². The third-order valence-corrected chi connectivity index (χ3v) is 3.60. The van der Waals surface area contributed by atoms with Crippen molar-refractivity contribution in [1.82, 2.24) is 4.90 Å². The van der Waals surface area contributed by atoms with Crippen molar-refractivity contribution in [2.45, 2.75) is 11.8 Å². The molecule has 1 aromatic carbocycles. The van der Waals surface area contributed by atoms with E-state index in [0.717, 1.165) is 6.54 Å². The Morgan fingerprint density at radius 1 is 1.33 bits per heavy atom. The molecule has 18 heavy (non-hydrogen) atoms. The number of sulfonamides is 1. The molecule has 6 nitrogen and oxygen atoms in total. The molecule has 0 aliphatic rings. The smallest absolute Gasteiger partial charge is 0.238 e. The van der Waals surface area contributed by atoms with E-state index in [-0.39, 0.29) is 4.90 Å². The minimum Gasteiger partial charge on any atom is -0.399 e. The zero-order valence-corrected chi connectivity index (χ0v) is 11.7. The molecule has 5 N–H and O–H groups in total. The van der Waals surface area contributed by atoms with Gasteiger partial charge in [-0.25, -0.2) is 13.6 Å². The van der Waals surface area contributed by atoms with Gasteiger partial charge in [0.05, 0.1) is 4.90 Å². The number of anilines is 2. The second-order valence-electron chi connectivity index (χ2n) is 4.47. The van der Waals surface area contributed by atoms with Crippen molar-refractivity contribution in [2.75, 3.05) is 38.2 Å². The lowest BCUT2D eigenvalue weighted by molar-refractivity contribution is 0.425. The number of benzene rings is 1. The van der Waals surface area contributed by atoms with Gasteiger partial charge in [-0.15, -0.1) is 0 Å². The molecule has 7 heteroatoms. The first kappa shape index (κ1) is 14.7. The lowest BCUT2D eigenvalue weighted by atomic mass is 10.2. The van der Waals surface area contributed by atoms with Gasteiger partial charge >= 0.3 is 0 Å². The molecule has 0 aliphatic carbocycles. The number of nitrogens with two attached hydrogens (primary N) is 2. The van der Waals surface area contributed by atoms with Gasteiger partial charge in [0.2, 0.25) is 10.0 Å². The van der Waals surface area contributed by atoms with Gasteiger partial charge in [0, 0.05) is 24.5 Å². The molecule has 0 spiro atoms. The number of hydrogen-bond donors (Lipinski definition) is 3. The van der Waals surface area contributed by atoms with Crippen LogP contribution in [0.2, 0.25) is 0 Å². The number of nitrogen functional groups attached to an aromatic ring is 1. The van der Waals surface area contributed by atoms with Crippen LogP contribution in [-0.2, 0) is 10.0 Å². The summed E-state index contributed by atoms with van der Waals surface area (Å²) in [5, 5.41) is 8.31. The number of primary sulfonamides is 1. The fourth-order valence-corrected chi connectivity index (χ4v) is 2.44. The summed E-state index contributed by atoms with van der Waals surface area (Å²) in [4.78, 5) is 2.09. The number of likely N-dealkylation sites (N-methyl/N-ethyl adjacent to an activating group) is 1. The van der Waals surface area contributed by atoms with Gasteiger partial charge in [-0.1, -0.05) is 0 Å². The predicted octanol–water partition coefficient (Wildman–Crippen LogP) is 0.198. The Morgan fingerprint density at radius 2 is 1.94 bits per heavy atom. The highest BCUT2D eigenvalue weighted by molar-refractivity contribution is 7.89. The molecule has 0 radical (unpaired) electrons. The highest BCUT2D eigenvalue weighted by atomic mass is 32.2. The molecule has 0 aliphatic heterocycles. The summed E-state index contributed by atoms with van der Waals surface area (Å²) in [6, 6.07) is 3.08. The van der Waals surface area contributed by atoms with Crippen molar-refractivity contribution in [3.63, 3.8) is 0 Å². The lowest BCUT2D eigenvalue weighted by Gasteiger charge is -2.15. The summed E-state index contributed by atoms with van der Waals surface area (Å²) < 4.78 is 22.9. The maximum absolute atomic E-state index is 11.4. The largest absolute Gasteiger partial charge is 0.399 e. The van der Waals surface area contributed by atoms with Crippen LogP contribution < -0.4 is 16.2 Å². The number of rotatable bonds is 5. The number of nitrogens with zero attached hydrogens (tertiary/aromatic N) is 1. The van der Waals surface area contributed by atoms with Gasteiger partial charge in [-0.05, 0) is 38.7 Å². The Bertz CT molecular complexity index is 526. The van der Waals surface area contributed by atoms with Crippen LogP contribution in [0.1, 0.15) is 5.56 Å². The van der Waals surface area contributed by atoms with E-state index in [2.05, 4.69) is 5.32 Å². The Kier molecular flexibility index (Phi) is 4.55. The van der Waals surface area contributed by atoms with Crippen molar-refractivity contribution in [3.8, 4) is 0 Å². The minimum atomic E-state index is -3.75. The van der Waals surface area contributed by atoms with E-state index in [9.17, 15) is 8.42 Å². The van der Waals surface area contributed by atoms with Gasteiger partial charge in [0.1, 0.15) is 0 Å². The molecule has 0 atom stereocenters. The average Bonchev–Trinajstić information content (AvgIpc) is 2.20. The minimum absolute atomic E-state index is 0.0647. The Labute approximate surface area is 108 Å². The van der Waals surface area contributed by atoms with Crippen LogP contribution in [0.25, 0.3) is 0 Å². The molecule has 1 rings (SSSR count). The highest BCUT2D eigenvalue weighted by Crippen LogP contribution is 2.25. The molecular weight excluding hydrogens is 252 g/mol. The number of nitrogens with one attached hydrogen (secondary N) is 1. The van der Waals surface area contributed by atoms with Crippen LogP contribution in [-0.4, -0.2) is 40.5 Å². The van der Waals surface area contributed by atoms with Crippen LogP contribution in [0, 0.1) is 6.92 Å². The average molecular weight is 272 g/mol. The first-order valence-corrected chi connectivity index (χ1v) is 7.08. The van der Waals surface area contributed by atoms with E-state index in [1.54, 1.807) is 13.0 Å². The van der Waals surface area contributed by atoms with Crippen LogP contribution in [0.15, 0.2) is 17.0 Å². The van der Waals surface area contributed by atoms with Crippen molar-refractivity contribution in [2.24, 2.45) is 5.14 Å². The maximum Gasteiger partial charge on any atom is 0.238 e. The summed E-state index contributed by atoms with van der Waals surface area (Å²) in [5.74, 6) is 0. The van der Waals surface area contributed by atoms with Gasteiger partial charge in [0.25, 0.3) is 0 Å². The standard InChI is InChI=1S/C11H20N4O2S/c1-8-10(14-4-5-15(2)3)6-9(12)7-11(8)18(13,16)17/h6-7,14H,4-5,12H2,1-3H3,(H2,13,16,17). The zero-order chi connectivity index (χ0) is 13.9. The van der Waals surface area contributed by atoms with Crippen molar-refractivity contribution >= 4 is 21.4 Å².